The number of nitrogens with zero attached hydrogens (tertiary/aromatic N) is 2. The Hall–Kier alpha value is -2.15. The van der Waals surface area contributed by atoms with Gasteiger partial charge in [-0.2, -0.15) is 13.2 Å². The molecule has 0 unspecified atom stereocenters. The Morgan fingerprint density at radius 1 is 1.04 bits per heavy atom. The molecule has 2 rings (SSSR count). The average molecular weight is 370 g/mol. The lowest BCUT2D eigenvalue weighted by atomic mass is 9.86. The van der Waals surface area contributed by atoms with Gasteiger partial charge in [0.05, 0.1) is 23.9 Å². The maximum atomic E-state index is 14.3. The predicted octanol–water partition coefficient (Wildman–Crippen LogP) is 4.75. The summed E-state index contributed by atoms with van der Waals surface area (Å²) in [7, 11) is 1.63. The van der Waals surface area contributed by atoms with Gasteiger partial charge in [0.1, 0.15) is 0 Å². The van der Waals surface area contributed by atoms with Gasteiger partial charge in [-0.15, -0.1) is 0 Å². The minimum atomic E-state index is -4.42. The smallest absolute Gasteiger partial charge is 0.394 e. The lowest BCUT2D eigenvalue weighted by Gasteiger charge is -2.37. The molecule has 1 N–H and O–H groups in total. The van der Waals surface area contributed by atoms with E-state index < -0.39 is 17.6 Å². The lowest BCUT2D eigenvalue weighted by molar-refractivity contribution is -0.137. The van der Waals surface area contributed by atoms with Crippen LogP contribution in [0.1, 0.15) is 26.3 Å². The number of aliphatic hydroxyl groups is 1. The summed E-state index contributed by atoms with van der Waals surface area (Å²) < 4.78 is 52.4. The summed E-state index contributed by atoms with van der Waals surface area (Å²) in [6, 6.07) is 6.81. The molecule has 1 aromatic carbocycles. The normalized spacial score (nSPS) is 13.6. The zero-order chi connectivity index (χ0) is 19.7. The van der Waals surface area contributed by atoms with Crippen molar-refractivity contribution in [3.63, 3.8) is 0 Å². The Morgan fingerprint density at radius 3 is 2.08 bits per heavy atom. The van der Waals surface area contributed by atoms with Gasteiger partial charge < -0.3 is 10.0 Å². The highest BCUT2D eigenvalue weighted by molar-refractivity contribution is 5.62. The second kappa shape index (κ2) is 7.23. The zero-order valence-corrected chi connectivity index (χ0v) is 15.1. The summed E-state index contributed by atoms with van der Waals surface area (Å²) >= 11 is 0. The summed E-state index contributed by atoms with van der Waals surface area (Å²) in [5.74, 6) is -0.526. The summed E-state index contributed by atoms with van der Waals surface area (Å²) in [6.45, 7) is 5.57. The minimum absolute atomic E-state index is 0.0383. The van der Waals surface area contributed by atoms with Gasteiger partial charge in [-0.1, -0.05) is 32.9 Å². The van der Waals surface area contributed by atoms with Crippen LogP contribution in [0.4, 0.5) is 23.4 Å². The van der Waals surface area contributed by atoms with Gasteiger partial charge in [-0.3, -0.25) is 0 Å². The third-order valence-corrected chi connectivity index (χ3v) is 4.31. The molecule has 1 heterocycles. The molecule has 2 aromatic rings. The molecule has 0 saturated carbocycles. The first-order valence-corrected chi connectivity index (χ1v) is 8.13. The number of likely N-dealkylation sites (N-methyl/N-ethyl adjacent to an activating group) is 1. The molecule has 0 saturated heterocycles. The molecule has 0 radical (unpaired) electrons. The maximum absolute atomic E-state index is 14.3. The van der Waals surface area contributed by atoms with Crippen molar-refractivity contribution in [2.75, 3.05) is 18.6 Å². The van der Waals surface area contributed by atoms with E-state index in [1.54, 1.807) is 11.9 Å². The number of aromatic nitrogens is 1. The highest BCUT2D eigenvalue weighted by atomic mass is 19.4. The highest BCUT2D eigenvalue weighted by Crippen LogP contribution is 2.32. The number of rotatable bonds is 4. The molecule has 1 atom stereocenters. The molecule has 0 aliphatic heterocycles. The van der Waals surface area contributed by atoms with Gasteiger partial charge in [0.15, 0.2) is 11.6 Å². The van der Waals surface area contributed by atoms with Gasteiger partial charge in [0.2, 0.25) is 0 Å². The molecule has 7 heteroatoms. The number of aliphatic hydroxyl groups excluding tert-OH is 1. The van der Waals surface area contributed by atoms with Crippen molar-refractivity contribution >= 4 is 5.82 Å². The van der Waals surface area contributed by atoms with E-state index >= 15 is 0 Å². The molecule has 0 bridgehead atoms. The van der Waals surface area contributed by atoms with E-state index in [1.807, 2.05) is 20.8 Å². The van der Waals surface area contributed by atoms with Crippen LogP contribution >= 0.6 is 0 Å². The number of benzene rings is 1. The van der Waals surface area contributed by atoms with Gasteiger partial charge in [-0.05, 0) is 29.7 Å². The Bertz CT molecular complexity index is 752. The van der Waals surface area contributed by atoms with Crippen molar-refractivity contribution in [2.24, 2.45) is 5.41 Å². The largest absolute Gasteiger partial charge is 0.416 e. The Balaban J connectivity index is 2.41. The van der Waals surface area contributed by atoms with Crippen LogP contribution in [0.15, 0.2) is 36.4 Å². The zero-order valence-electron chi connectivity index (χ0n) is 15.1. The number of alkyl halides is 3. The first-order valence-electron chi connectivity index (χ1n) is 8.13. The number of hydrogen-bond donors (Lipinski definition) is 1. The third-order valence-electron chi connectivity index (χ3n) is 4.31. The summed E-state index contributed by atoms with van der Waals surface area (Å²) in [4.78, 5) is 5.83. The molecule has 3 nitrogen and oxygen atoms in total. The Labute approximate surface area is 150 Å². The third kappa shape index (κ3) is 4.33. The second-order valence-electron chi connectivity index (χ2n) is 7.25. The van der Waals surface area contributed by atoms with Crippen LogP contribution in [0, 0.1) is 11.2 Å². The first-order chi connectivity index (χ1) is 11.9. The summed E-state index contributed by atoms with van der Waals surface area (Å²) in [5.41, 5.74) is -0.285. The van der Waals surface area contributed by atoms with Gasteiger partial charge >= 0.3 is 6.18 Å². The van der Waals surface area contributed by atoms with Gasteiger partial charge in [-0.25, -0.2) is 9.37 Å². The number of hydrogen-bond acceptors (Lipinski definition) is 3. The minimum Gasteiger partial charge on any atom is -0.394 e. The SMILES string of the molecule is CN(c1nc(-c2ccc(C(F)(F)F)cc2)ccc1F)[C@@H](CO)C(C)(C)C. The predicted molar refractivity (Wildman–Crippen MR) is 93.4 cm³/mol. The molecule has 0 aliphatic carbocycles. The van der Waals surface area contributed by atoms with E-state index in [2.05, 4.69) is 4.98 Å². The molecule has 0 fully saturated rings. The fraction of sp³-hybridized carbons (Fsp3) is 0.421. The van der Waals surface area contributed by atoms with Crippen molar-refractivity contribution in [1.29, 1.82) is 0 Å². The number of halogens is 4. The van der Waals surface area contributed by atoms with Crippen LogP contribution < -0.4 is 4.90 Å². The van der Waals surface area contributed by atoms with E-state index in [-0.39, 0.29) is 23.9 Å². The van der Waals surface area contributed by atoms with E-state index in [9.17, 15) is 22.7 Å². The Kier molecular flexibility index (Phi) is 5.61. The van der Waals surface area contributed by atoms with Crippen molar-refractivity contribution in [1.82, 2.24) is 4.98 Å². The van der Waals surface area contributed by atoms with Crippen LogP contribution in [-0.4, -0.2) is 29.8 Å². The molecular weight excluding hydrogens is 348 g/mol. The molecular formula is C19H22F4N2O. The van der Waals surface area contributed by atoms with Crippen molar-refractivity contribution in [2.45, 2.75) is 33.0 Å². The standard InChI is InChI=1S/C19H22F4N2O/c1-18(2,3)16(11-26)25(4)17-14(20)9-10-15(24-17)12-5-7-13(8-6-12)19(21,22)23/h5-10,16,26H,11H2,1-4H3/t16-/m0/s1. The van der Waals surface area contributed by atoms with E-state index in [0.29, 0.717) is 11.3 Å². The van der Waals surface area contributed by atoms with E-state index in [4.69, 9.17) is 0 Å². The molecule has 0 spiro atoms. The van der Waals surface area contributed by atoms with Crippen LogP contribution in [0.25, 0.3) is 11.3 Å². The topological polar surface area (TPSA) is 36.4 Å². The van der Waals surface area contributed by atoms with Crippen LogP contribution in [0.3, 0.4) is 0 Å². The van der Waals surface area contributed by atoms with Crippen LogP contribution in [0.2, 0.25) is 0 Å². The maximum Gasteiger partial charge on any atom is 0.416 e. The fourth-order valence-corrected chi connectivity index (χ4v) is 2.79. The lowest BCUT2D eigenvalue weighted by Crippen LogP contribution is -2.45. The molecule has 1 aromatic heterocycles. The van der Waals surface area contributed by atoms with Crippen LogP contribution in [-0.2, 0) is 6.18 Å². The monoisotopic (exact) mass is 370 g/mol. The molecule has 0 aliphatic rings. The molecule has 0 amide bonds. The van der Waals surface area contributed by atoms with Gasteiger partial charge in [0.25, 0.3) is 0 Å². The summed E-state index contributed by atoms with van der Waals surface area (Å²) in [5, 5.41) is 9.68. The average Bonchev–Trinajstić information content (AvgIpc) is 2.54. The fourth-order valence-electron chi connectivity index (χ4n) is 2.79. The highest BCUT2D eigenvalue weighted by Gasteiger charge is 2.31. The number of anilines is 1. The van der Waals surface area contributed by atoms with Crippen molar-refractivity contribution in [3.05, 3.63) is 47.8 Å². The molecule has 142 valence electrons. The summed E-state index contributed by atoms with van der Waals surface area (Å²) in [6.07, 6.45) is -4.42. The Morgan fingerprint density at radius 2 is 1.62 bits per heavy atom. The van der Waals surface area contributed by atoms with Crippen LogP contribution in [0.5, 0.6) is 0 Å². The van der Waals surface area contributed by atoms with Gasteiger partial charge in [0, 0.05) is 12.6 Å². The van der Waals surface area contributed by atoms with E-state index in [0.717, 1.165) is 12.1 Å². The van der Waals surface area contributed by atoms with Crippen molar-refractivity contribution in [3.8, 4) is 11.3 Å². The van der Waals surface area contributed by atoms with E-state index in [1.165, 1.54) is 24.3 Å². The van der Waals surface area contributed by atoms with Crippen molar-refractivity contribution < 1.29 is 22.7 Å². The quantitative estimate of drug-likeness (QED) is 0.789. The first kappa shape index (κ1) is 20.2. The number of pyridine rings is 1. The molecule has 26 heavy (non-hydrogen) atoms. The second-order valence-corrected chi connectivity index (χ2v) is 7.25.